The maximum Gasteiger partial charge on any atom is 0.327 e. The molecule has 3 aliphatic heterocycles. The largest absolute Gasteiger partial charge is 0.486 e. The lowest BCUT2D eigenvalue weighted by molar-refractivity contribution is -0.148. The highest BCUT2D eigenvalue weighted by atomic mass is 32.2. The van der Waals surface area contributed by atoms with Gasteiger partial charge in [0, 0.05) is 12.2 Å². The molecule has 116 valence electrons. The van der Waals surface area contributed by atoms with Crippen LogP contribution in [0, 0.1) is 0 Å². The molecule has 0 aliphatic carbocycles. The van der Waals surface area contributed by atoms with Gasteiger partial charge in [-0.1, -0.05) is 6.07 Å². The fourth-order valence-corrected chi connectivity index (χ4v) is 5.05. The van der Waals surface area contributed by atoms with Crippen LogP contribution in [0.2, 0.25) is 0 Å². The Kier molecular flexibility index (Phi) is 3.00. The minimum atomic E-state index is -0.942. The standard InChI is InChI=1S/C15H15NO5S/c17-13-3-4-15(16(13)10(8-22-15)14(18)19)9-1-2-11-12(7-9)21-6-5-20-11/h1-2,7,10H,3-6,8H2,(H,18,19)/t10-,15+/m0/s1. The molecule has 1 aromatic carbocycles. The van der Waals surface area contributed by atoms with Gasteiger partial charge < -0.3 is 19.5 Å². The first kappa shape index (κ1) is 13.8. The number of aliphatic carboxylic acids is 1. The quantitative estimate of drug-likeness (QED) is 0.888. The van der Waals surface area contributed by atoms with Crippen molar-refractivity contribution in [2.24, 2.45) is 0 Å². The van der Waals surface area contributed by atoms with Gasteiger partial charge in [-0.25, -0.2) is 4.79 Å². The molecule has 7 heteroatoms. The third kappa shape index (κ3) is 1.81. The van der Waals surface area contributed by atoms with Gasteiger partial charge >= 0.3 is 5.97 Å². The van der Waals surface area contributed by atoms with Crippen LogP contribution in [-0.2, 0) is 14.5 Å². The summed E-state index contributed by atoms with van der Waals surface area (Å²) in [5.41, 5.74) is 0.913. The van der Waals surface area contributed by atoms with E-state index >= 15 is 0 Å². The van der Waals surface area contributed by atoms with Gasteiger partial charge in [-0.2, -0.15) is 0 Å². The van der Waals surface area contributed by atoms with Crippen LogP contribution in [0.15, 0.2) is 18.2 Å². The Morgan fingerprint density at radius 2 is 2.09 bits per heavy atom. The van der Waals surface area contributed by atoms with E-state index in [1.165, 1.54) is 11.8 Å². The van der Waals surface area contributed by atoms with Crippen molar-refractivity contribution >= 4 is 23.6 Å². The maximum atomic E-state index is 12.2. The van der Waals surface area contributed by atoms with Gasteiger partial charge in [-0.05, 0) is 24.1 Å². The minimum Gasteiger partial charge on any atom is -0.486 e. The number of amides is 1. The molecule has 0 bridgehead atoms. The Hall–Kier alpha value is -1.89. The van der Waals surface area contributed by atoms with Crippen molar-refractivity contribution in [3.63, 3.8) is 0 Å². The molecule has 2 fully saturated rings. The predicted octanol–water partition coefficient (Wildman–Crippen LogP) is 1.43. The highest BCUT2D eigenvalue weighted by Crippen LogP contribution is 2.55. The van der Waals surface area contributed by atoms with E-state index in [0.29, 0.717) is 43.3 Å². The van der Waals surface area contributed by atoms with Crippen LogP contribution in [0.3, 0.4) is 0 Å². The van der Waals surface area contributed by atoms with E-state index in [9.17, 15) is 14.7 Å². The fraction of sp³-hybridized carbons (Fsp3) is 0.467. The molecule has 1 amide bonds. The summed E-state index contributed by atoms with van der Waals surface area (Å²) in [6.45, 7) is 1.02. The number of carbonyl (C=O) groups excluding carboxylic acids is 1. The fourth-order valence-electron chi connectivity index (χ4n) is 3.41. The number of carbonyl (C=O) groups is 2. The van der Waals surface area contributed by atoms with E-state index in [4.69, 9.17) is 9.47 Å². The van der Waals surface area contributed by atoms with Crippen molar-refractivity contribution in [2.75, 3.05) is 19.0 Å². The minimum absolute atomic E-state index is 0.0905. The first-order valence-corrected chi connectivity index (χ1v) is 8.19. The van der Waals surface area contributed by atoms with E-state index in [0.717, 1.165) is 5.56 Å². The monoisotopic (exact) mass is 321 g/mol. The number of hydrogen-bond acceptors (Lipinski definition) is 5. The van der Waals surface area contributed by atoms with Crippen LogP contribution in [0.1, 0.15) is 18.4 Å². The third-order valence-corrected chi connectivity index (χ3v) is 6.00. The zero-order chi connectivity index (χ0) is 15.3. The summed E-state index contributed by atoms with van der Waals surface area (Å²) in [6, 6.07) is 4.88. The molecule has 4 rings (SSSR count). The molecular weight excluding hydrogens is 306 g/mol. The average molecular weight is 321 g/mol. The van der Waals surface area contributed by atoms with Gasteiger partial charge in [0.1, 0.15) is 24.1 Å². The number of benzene rings is 1. The molecule has 1 aromatic rings. The van der Waals surface area contributed by atoms with Crippen molar-refractivity contribution in [2.45, 2.75) is 23.8 Å². The molecule has 0 saturated carbocycles. The van der Waals surface area contributed by atoms with Crippen LogP contribution >= 0.6 is 11.8 Å². The number of hydrogen-bond donors (Lipinski definition) is 1. The smallest absolute Gasteiger partial charge is 0.327 e. The Balaban J connectivity index is 1.77. The third-order valence-electron chi connectivity index (χ3n) is 4.41. The second-order valence-electron chi connectivity index (χ2n) is 5.57. The van der Waals surface area contributed by atoms with Gasteiger partial charge in [0.15, 0.2) is 11.5 Å². The maximum absolute atomic E-state index is 12.2. The van der Waals surface area contributed by atoms with Gasteiger partial charge in [0.2, 0.25) is 5.91 Å². The molecule has 3 aliphatic rings. The number of fused-ring (bicyclic) bond motifs is 2. The van der Waals surface area contributed by atoms with Crippen LogP contribution in [0.25, 0.3) is 0 Å². The highest BCUT2D eigenvalue weighted by molar-refractivity contribution is 8.00. The molecule has 3 heterocycles. The number of carboxylic acid groups (broad SMARTS) is 1. The zero-order valence-corrected chi connectivity index (χ0v) is 12.6. The second kappa shape index (κ2) is 4.81. The normalized spacial score (nSPS) is 29.5. The SMILES string of the molecule is O=C(O)[C@@H]1CS[C@@]2(c3ccc4c(c3)OCCO4)CCC(=O)N12. The van der Waals surface area contributed by atoms with E-state index in [2.05, 4.69) is 0 Å². The summed E-state index contributed by atoms with van der Waals surface area (Å²) in [4.78, 5) is 24.6. The van der Waals surface area contributed by atoms with Crippen molar-refractivity contribution in [1.29, 1.82) is 0 Å². The Labute approximate surface area is 131 Å². The number of carboxylic acids is 1. The number of thioether (sulfide) groups is 1. The molecule has 0 unspecified atom stereocenters. The summed E-state index contributed by atoms with van der Waals surface area (Å²) in [5, 5.41) is 9.38. The first-order valence-electron chi connectivity index (χ1n) is 7.21. The van der Waals surface area contributed by atoms with Gasteiger partial charge in [-0.15, -0.1) is 11.8 Å². The molecule has 0 radical (unpaired) electrons. The lowest BCUT2D eigenvalue weighted by atomic mass is 10.0. The van der Waals surface area contributed by atoms with E-state index in [-0.39, 0.29) is 5.91 Å². The molecule has 2 atom stereocenters. The summed E-state index contributed by atoms with van der Waals surface area (Å²) >= 11 is 1.53. The topological polar surface area (TPSA) is 76.1 Å². The molecule has 0 spiro atoms. The lowest BCUT2D eigenvalue weighted by Crippen LogP contribution is -2.46. The predicted molar refractivity (Wildman–Crippen MR) is 79.1 cm³/mol. The second-order valence-corrected chi connectivity index (χ2v) is 6.87. The van der Waals surface area contributed by atoms with Crippen molar-refractivity contribution in [3.05, 3.63) is 23.8 Å². The molecular formula is C15H15NO5S. The van der Waals surface area contributed by atoms with E-state index < -0.39 is 16.9 Å². The summed E-state index contributed by atoms with van der Waals surface area (Å²) in [6.07, 6.45) is 1.01. The zero-order valence-electron chi connectivity index (χ0n) is 11.8. The van der Waals surface area contributed by atoms with Crippen LogP contribution in [0.5, 0.6) is 11.5 Å². The first-order chi connectivity index (χ1) is 10.6. The number of rotatable bonds is 2. The van der Waals surface area contributed by atoms with Gasteiger partial charge in [0.05, 0.1) is 0 Å². The Bertz CT molecular complexity index is 663. The summed E-state index contributed by atoms with van der Waals surface area (Å²) < 4.78 is 11.1. The van der Waals surface area contributed by atoms with Crippen LogP contribution in [0.4, 0.5) is 0 Å². The Morgan fingerprint density at radius 1 is 1.32 bits per heavy atom. The Morgan fingerprint density at radius 3 is 2.86 bits per heavy atom. The molecule has 2 saturated heterocycles. The molecule has 22 heavy (non-hydrogen) atoms. The van der Waals surface area contributed by atoms with Crippen LogP contribution < -0.4 is 9.47 Å². The molecule has 6 nitrogen and oxygen atoms in total. The molecule has 1 N–H and O–H groups in total. The molecule has 0 aromatic heterocycles. The van der Waals surface area contributed by atoms with Gasteiger partial charge in [0.25, 0.3) is 0 Å². The van der Waals surface area contributed by atoms with Crippen molar-refractivity contribution < 1.29 is 24.2 Å². The average Bonchev–Trinajstić information content (AvgIpc) is 3.06. The van der Waals surface area contributed by atoms with E-state index in [1.54, 1.807) is 4.90 Å². The van der Waals surface area contributed by atoms with Crippen LogP contribution in [-0.4, -0.2) is 46.9 Å². The van der Waals surface area contributed by atoms with E-state index in [1.807, 2.05) is 18.2 Å². The lowest BCUT2D eigenvalue weighted by Gasteiger charge is -2.34. The van der Waals surface area contributed by atoms with Gasteiger partial charge in [-0.3, -0.25) is 4.79 Å². The van der Waals surface area contributed by atoms with Crippen molar-refractivity contribution in [1.82, 2.24) is 4.90 Å². The van der Waals surface area contributed by atoms with Crippen molar-refractivity contribution in [3.8, 4) is 11.5 Å². The summed E-state index contributed by atoms with van der Waals surface area (Å²) in [5.74, 6) is 0.738. The summed E-state index contributed by atoms with van der Waals surface area (Å²) in [7, 11) is 0. The highest BCUT2D eigenvalue weighted by Gasteiger charge is 2.57. The number of nitrogens with zero attached hydrogens (tertiary/aromatic N) is 1. The number of ether oxygens (including phenoxy) is 2.